The van der Waals surface area contributed by atoms with Crippen molar-refractivity contribution in [2.24, 2.45) is 0 Å². The number of hydrogen-bond donors (Lipinski definition) is 1. The minimum atomic E-state index is 0.0216. The lowest BCUT2D eigenvalue weighted by molar-refractivity contribution is 0.0953. The Morgan fingerprint density at radius 2 is 1.94 bits per heavy atom. The van der Waals surface area contributed by atoms with Crippen molar-refractivity contribution in [3.05, 3.63) is 33.8 Å². The second-order valence-corrected chi connectivity index (χ2v) is 6.37. The van der Waals surface area contributed by atoms with Crippen LogP contribution in [0.4, 0.5) is 0 Å². The lowest BCUT2D eigenvalue weighted by Gasteiger charge is -2.06. The molecule has 0 aliphatic rings. The van der Waals surface area contributed by atoms with Crippen molar-refractivity contribution in [3.63, 3.8) is 0 Å². The number of amides is 1. The maximum atomic E-state index is 11.9. The molecular formula is C14H19BrINO. The van der Waals surface area contributed by atoms with E-state index in [1.165, 1.54) is 23.7 Å². The van der Waals surface area contributed by atoms with E-state index in [1.807, 2.05) is 25.1 Å². The molecular weight excluding hydrogens is 405 g/mol. The number of hydrogen-bond acceptors (Lipinski definition) is 1. The van der Waals surface area contributed by atoms with Crippen LogP contribution in [0.25, 0.3) is 0 Å². The normalized spacial score (nSPS) is 10.4. The number of alkyl halides is 1. The Labute approximate surface area is 131 Å². The first-order valence-electron chi connectivity index (χ1n) is 6.25. The van der Waals surface area contributed by atoms with Crippen LogP contribution in [0.2, 0.25) is 0 Å². The van der Waals surface area contributed by atoms with Crippen LogP contribution in [0.15, 0.2) is 22.7 Å². The Morgan fingerprint density at radius 1 is 1.22 bits per heavy atom. The minimum Gasteiger partial charge on any atom is -0.352 e. The van der Waals surface area contributed by atoms with Gasteiger partial charge in [-0.3, -0.25) is 4.79 Å². The van der Waals surface area contributed by atoms with Crippen molar-refractivity contribution < 1.29 is 4.79 Å². The van der Waals surface area contributed by atoms with Crippen LogP contribution >= 0.6 is 38.5 Å². The summed E-state index contributed by atoms with van der Waals surface area (Å²) >= 11 is 5.81. The third-order valence-electron chi connectivity index (χ3n) is 2.65. The summed E-state index contributed by atoms with van der Waals surface area (Å²) in [6.45, 7) is 2.76. The molecule has 1 amide bonds. The Bertz CT molecular complexity index is 375. The first-order chi connectivity index (χ1) is 8.63. The van der Waals surface area contributed by atoms with E-state index in [4.69, 9.17) is 0 Å². The molecule has 0 saturated heterocycles. The van der Waals surface area contributed by atoms with Gasteiger partial charge in [-0.05, 0) is 48.0 Å². The van der Waals surface area contributed by atoms with E-state index in [2.05, 4.69) is 43.8 Å². The SMILES string of the molecule is Cc1cc(Br)cc(C(=O)NCCCCCCI)c1. The molecule has 1 rings (SSSR count). The Morgan fingerprint density at radius 3 is 2.61 bits per heavy atom. The zero-order valence-electron chi connectivity index (χ0n) is 10.6. The van der Waals surface area contributed by atoms with Crippen LogP contribution in [0, 0.1) is 6.92 Å². The van der Waals surface area contributed by atoms with Crippen LogP contribution in [0.5, 0.6) is 0 Å². The molecule has 0 spiro atoms. The zero-order chi connectivity index (χ0) is 13.4. The quantitative estimate of drug-likeness (QED) is 0.391. The van der Waals surface area contributed by atoms with Gasteiger partial charge in [0.25, 0.3) is 5.91 Å². The fourth-order valence-corrected chi connectivity index (χ4v) is 2.89. The van der Waals surface area contributed by atoms with Gasteiger partial charge in [-0.15, -0.1) is 0 Å². The molecule has 100 valence electrons. The fourth-order valence-electron chi connectivity index (χ4n) is 1.74. The first-order valence-corrected chi connectivity index (χ1v) is 8.56. The number of halogens is 2. The molecule has 0 unspecified atom stereocenters. The van der Waals surface area contributed by atoms with Crippen LogP contribution in [-0.2, 0) is 0 Å². The summed E-state index contributed by atoms with van der Waals surface area (Å²) in [4.78, 5) is 11.9. The smallest absolute Gasteiger partial charge is 0.251 e. The number of carbonyl (C=O) groups is 1. The number of carbonyl (C=O) groups excluding carboxylic acids is 1. The van der Waals surface area contributed by atoms with E-state index in [9.17, 15) is 4.79 Å². The molecule has 4 heteroatoms. The molecule has 0 radical (unpaired) electrons. The summed E-state index contributed by atoms with van der Waals surface area (Å²) in [6.07, 6.45) is 4.80. The van der Waals surface area contributed by atoms with E-state index in [1.54, 1.807) is 0 Å². The minimum absolute atomic E-state index is 0.0216. The molecule has 1 aromatic rings. The molecule has 0 saturated carbocycles. The number of unbranched alkanes of at least 4 members (excludes halogenated alkanes) is 3. The maximum absolute atomic E-state index is 11.9. The van der Waals surface area contributed by atoms with Gasteiger partial charge >= 0.3 is 0 Å². The first kappa shape index (κ1) is 16.0. The molecule has 0 bridgehead atoms. The van der Waals surface area contributed by atoms with Gasteiger partial charge in [0.05, 0.1) is 0 Å². The largest absolute Gasteiger partial charge is 0.352 e. The van der Waals surface area contributed by atoms with Crippen LogP contribution < -0.4 is 5.32 Å². The zero-order valence-corrected chi connectivity index (χ0v) is 14.4. The summed E-state index contributed by atoms with van der Waals surface area (Å²) in [6, 6.07) is 5.77. The van der Waals surface area contributed by atoms with Crippen LogP contribution in [-0.4, -0.2) is 16.9 Å². The summed E-state index contributed by atoms with van der Waals surface area (Å²) in [5.74, 6) is 0.0216. The Kier molecular flexibility index (Phi) is 7.90. The number of nitrogens with one attached hydrogen (secondary N) is 1. The average molecular weight is 424 g/mol. The number of aryl methyl sites for hydroxylation is 1. The highest BCUT2D eigenvalue weighted by Crippen LogP contribution is 2.15. The summed E-state index contributed by atoms with van der Waals surface area (Å²) in [7, 11) is 0. The molecule has 0 fully saturated rings. The summed E-state index contributed by atoms with van der Waals surface area (Å²) < 4.78 is 2.18. The van der Waals surface area contributed by atoms with Crippen molar-refractivity contribution in [2.45, 2.75) is 32.6 Å². The second kappa shape index (κ2) is 8.91. The molecule has 1 N–H and O–H groups in total. The highest BCUT2D eigenvalue weighted by atomic mass is 127. The van der Waals surface area contributed by atoms with Crippen molar-refractivity contribution in [1.29, 1.82) is 0 Å². The van der Waals surface area contributed by atoms with E-state index >= 15 is 0 Å². The van der Waals surface area contributed by atoms with Crippen molar-refractivity contribution >= 4 is 44.4 Å². The highest BCUT2D eigenvalue weighted by Gasteiger charge is 2.06. The van der Waals surface area contributed by atoms with Gasteiger partial charge in [0.15, 0.2) is 0 Å². The van der Waals surface area contributed by atoms with Gasteiger partial charge in [0.2, 0.25) is 0 Å². The molecule has 18 heavy (non-hydrogen) atoms. The molecule has 0 atom stereocenters. The molecule has 0 aliphatic heterocycles. The lowest BCUT2D eigenvalue weighted by Crippen LogP contribution is -2.24. The second-order valence-electron chi connectivity index (χ2n) is 4.38. The molecule has 0 aromatic heterocycles. The Hall–Kier alpha value is -0.100. The third kappa shape index (κ3) is 6.18. The van der Waals surface area contributed by atoms with Gasteiger partial charge in [-0.25, -0.2) is 0 Å². The van der Waals surface area contributed by atoms with Gasteiger partial charge in [-0.1, -0.05) is 51.4 Å². The topological polar surface area (TPSA) is 29.1 Å². The van der Waals surface area contributed by atoms with Gasteiger partial charge in [-0.2, -0.15) is 0 Å². The average Bonchev–Trinajstić information content (AvgIpc) is 2.32. The van der Waals surface area contributed by atoms with Crippen LogP contribution in [0.1, 0.15) is 41.6 Å². The molecule has 1 aromatic carbocycles. The predicted molar refractivity (Wildman–Crippen MR) is 88.6 cm³/mol. The summed E-state index contributed by atoms with van der Waals surface area (Å²) in [5.41, 5.74) is 1.82. The highest BCUT2D eigenvalue weighted by molar-refractivity contribution is 14.1. The van der Waals surface area contributed by atoms with E-state index < -0.39 is 0 Å². The van der Waals surface area contributed by atoms with Crippen molar-refractivity contribution in [2.75, 3.05) is 11.0 Å². The fraction of sp³-hybridized carbons (Fsp3) is 0.500. The van der Waals surface area contributed by atoms with Crippen LogP contribution in [0.3, 0.4) is 0 Å². The number of rotatable bonds is 7. The summed E-state index contributed by atoms with van der Waals surface area (Å²) in [5, 5.41) is 2.97. The van der Waals surface area contributed by atoms with Gasteiger partial charge in [0.1, 0.15) is 0 Å². The molecule has 0 aliphatic carbocycles. The van der Waals surface area contributed by atoms with Gasteiger partial charge < -0.3 is 5.32 Å². The lowest BCUT2D eigenvalue weighted by atomic mass is 10.1. The number of benzene rings is 1. The maximum Gasteiger partial charge on any atom is 0.251 e. The van der Waals surface area contributed by atoms with E-state index in [-0.39, 0.29) is 5.91 Å². The monoisotopic (exact) mass is 423 g/mol. The predicted octanol–water partition coefficient (Wildman–Crippen LogP) is 4.48. The van der Waals surface area contributed by atoms with Gasteiger partial charge in [0, 0.05) is 16.6 Å². The van der Waals surface area contributed by atoms with E-state index in [0.717, 1.165) is 28.6 Å². The molecule has 2 nitrogen and oxygen atoms in total. The molecule has 0 heterocycles. The third-order valence-corrected chi connectivity index (χ3v) is 3.87. The van der Waals surface area contributed by atoms with Crippen molar-refractivity contribution in [1.82, 2.24) is 5.32 Å². The standard InChI is InChI=1S/C14H19BrINO/c1-11-8-12(10-13(15)9-11)14(18)17-7-5-3-2-4-6-16/h8-10H,2-7H2,1H3,(H,17,18). The van der Waals surface area contributed by atoms with E-state index in [0.29, 0.717) is 0 Å². The van der Waals surface area contributed by atoms with Crippen molar-refractivity contribution in [3.8, 4) is 0 Å². The Balaban J connectivity index is 2.32.